The minimum atomic E-state index is -2.51. The van der Waals surface area contributed by atoms with E-state index in [4.69, 9.17) is 0 Å². The Morgan fingerprint density at radius 1 is 1.36 bits per heavy atom. The Morgan fingerprint density at radius 3 is 2.29 bits per heavy atom. The molecule has 1 rings (SSSR count). The van der Waals surface area contributed by atoms with Gasteiger partial charge in [0, 0.05) is 18.4 Å². The second kappa shape index (κ2) is 5.64. The van der Waals surface area contributed by atoms with E-state index in [1.54, 1.807) is 13.8 Å². The van der Waals surface area contributed by atoms with Crippen molar-refractivity contribution in [3.8, 4) is 0 Å². The lowest BCUT2D eigenvalue weighted by molar-refractivity contribution is -0.125. The van der Waals surface area contributed by atoms with Gasteiger partial charge >= 0.3 is 0 Å². The zero-order valence-corrected chi connectivity index (χ0v) is 9.79. The van der Waals surface area contributed by atoms with Crippen molar-refractivity contribution in [2.75, 3.05) is 13.1 Å². The van der Waals surface area contributed by atoms with E-state index in [9.17, 15) is 8.78 Å². The SMILES string of the molecule is CC.CCC(F)(F)C1(C)CCCNC1. The van der Waals surface area contributed by atoms with Gasteiger partial charge in [0.15, 0.2) is 0 Å². The minimum absolute atomic E-state index is 0.0504. The van der Waals surface area contributed by atoms with E-state index in [0.717, 1.165) is 13.0 Å². The molecule has 0 bridgehead atoms. The molecule has 1 aliphatic rings. The Bertz CT molecular complexity index is 151. The quantitative estimate of drug-likeness (QED) is 0.731. The van der Waals surface area contributed by atoms with Gasteiger partial charge in [-0.05, 0) is 19.4 Å². The zero-order chi connectivity index (χ0) is 11.2. The van der Waals surface area contributed by atoms with Gasteiger partial charge < -0.3 is 5.32 Å². The van der Waals surface area contributed by atoms with Gasteiger partial charge in [0.25, 0.3) is 5.92 Å². The van der Waals surface area contributed by atoms with Gasteiger partial charge in [0.05, 0.1) is 0 Å². The molecule has 0 saturated carbocycles. The summed E-state index contributed by atoms with van der Waals surface area (Å²) < 4.78 is 26.8. The van der Waals surface area contributed by atoms with Crippen molar-refractivity contribution < 1.29 is 8.78 Å². The summed E-state index contributed by atoms with van der Waals surface area (Å²) in [5.41, 5.74) is -0.819. The molecule has 1 atom stereocenters. The third-order valence-electron chi connectivity index (χ3n) is 2.92. The van der Waals surface area contributed by atoms with Crippen LogP contribution < -0.4 is 5.32 Å². The Morgan fingerprint density at radius 2 is 1.93 bits per heavy atom. The molecule has 0 amide bonds. The number of hydrogen-bond donors (Lipinski definition) is 1. The van der Waals surface area contributed by atoms with Crippen molar-refractivity contribution in [2.45, 2.75) is 52.9 Å². The second-order valence-corrected chi connectivity index (χ2v) is 3.90. The molecule has 1 nitrogen and oxygen atoms in total. The Labute approximate surface area is 86.3 Å². The van der Waals surface area contributed by atoms with Crippen LogP contribution in [0, 0.1) is 5.41 Å². The molecule has 0 aliphatic carbocycles. The molecule has 86 valence electrons. The standard InChI is InChI=1S/C9H17F2N.C2H6/c1-3-9(10,11)8(2)5-4-6-12-7-8;1-2/h12H,3-7H2,1-2H3;1-2H3. The van der Waals surface area contributed by atoms with Crippen molar-refractivity contribution in [2.24, 2.45) is 5.41 Å². The second-order valence-electron chi connectivity index (χ2n) is 3.90. The summed E-state index contributed by atoms with van der Waals surface area (Å²) in [7, 11) is 0. The molecule has 0 aromatic heterocycles. The Hall–Kier alpha value is -0.180. The fourth-order valence-corrected chi connectivity index (χ4v) is 1.80. The third kappa shape index (κ3) is 2.91. The van der Waals surface area contributed by atoms with Crippen LogP contribution in [0.25, 0.3) is 0 Å². The van der Waals surface area contributed by atoms with Crippen LogP contribution in [0.2, 0.25) is 0 Å². The van der Waals surface area contributed by atoms with Crippen LogP contribution >= 0.6 is 0 Å². The van der Waals surface area contributed by atoms with E-state index in [1.807, 2.05) is 13.8 Å². The lowest BCUT2D eigenvalue weighted by atomic mass is 9.76. The van der Waals surface area contributed by atoms with Crippen LogP contribution in [0.3, 0.4) is 0 Å². The van der Waals surface area contributed by atoms with Crippen LogP contribution in [-0.2, 0) is 0 Å². The zero-order valence-electron chi connectivity index (χ0n) is 9.79. The van der Waals surface area contributed by atoms with Crippen molar-refractivity contribution in [1.82, 2.24) is 5.32 Å². The Kier molecular flexibility index (Phi) is 5.57. The van der Waals surface area contributed by atoms with Gasteiger partial charge in [0.1, 0.15) is 0 Å². The highest BCUT2D eigenvalue weighted by molar-refractivity contribution is 4.92. The molecular formula is C11H23F2N. The van der Waals surface area contributed by atoms with Crippen LogP contribution in [-0.4, -0.2) is 19.0 Å². The number of halogens is 2. The number of nitrogens with one attached hydrogen (secondary N) is 1. The van der Waals surface area contributed by atoms with Gasteiger partial charge in [-0.15, -0.1) is 0 Å². The number of piperidine rings is 1. The largest absolute Gasteiger partial charge is 0.316 e. The van der Waals surface area contributed by atoms with Gasteiger partial charge in [-0.25, -0.2) is 8.78 Å². The van der Waals surface area contributed by atoms with Gasteiger partial charge in [0.2, 0.25) is 0 Å². The normalized spacial score (nSPS) is 27.9. The molecule has 3 heteroatoms. The fourth-order valence-electron chi connectivity index (χ4n) is 1.80. The average molecular weight is 207 g/mol. The van der Waals surface area contributed by atoms with Gasteiger partial charge in [-0.3, -0.25) is 0 Å². The molecular weight excluding hydrogens is 184 g/mol. The molecule has 1 heterocycles. The summed E-state index contributed by atoms with van der Waals surface area (Å²) in [5, 5.41) is 3.04. The van der Waals surface area contributed by atoms with Crippen molar-refractivity contribution in [1.29, 1.82) is 0 Å². The number of hydrogen-bond acceptors (Lipinski definition) is 1. The monoisotopic (exact) mass is 207 g/mol. The van der Waals surface area contributed by atoms with E-state index in [0.29, 0.717) is 13.0 Å². The highest BCUT2D eigenvalue weighted by Crippen LogP contribution is 2.43. The maximum Gasteiger partial charge on any atom is 0.254 e. The number of rotatable bonds is 2. The predicted octanol–water partition coefficient (Wildman–Crippen LogP) is 3.45. The first kappa shape index (κ1) is 13.8. The highest BCUT2D eigenvalue weighted by atomic mass is 19.3. The average Bonchev–Trinajstić information content (AvgIpc) is 2.22. The lowest BCUT2D eigenvalue weighted by Crippen LogP contribution is -2.49. The van der Waals surface area contributed by atoms with Crippen molar-refractivity contribution >= 4 is 0 Å². The van der Waals surface area contributed by atoms with Crippen LogP contribution in [0.4, 0.5) is 8.78 Å². The summed E-state index contributed by atoms with van der Waals surface area (Å²) in [4.78, 5) is 0. The number of alkyl halides is 2. The molecule has 1 fully saturated rings. The maximum atomic E-state index is 13.4. The van der Waals surface area contributed by atoms with Crippen molar-refractivity contribution in [3.05, 3.63) is 0 Å². The summed E-state index contributed by atoms with van der Waals surface area (Å²) in [5.74, 6) is -2.51. The predicted molar refractivity (Wildman–Crippen MR) is 56.8 cm³/mol. The van der Waals surface area contributed by atoms with E-state index in [-0.39, 0.29) is 6.42 Å². The molecule has 1 unspecified atom stereocenters. The smallest absolute Gasteiger partial charge is 0.254 e. The fraction of sp³-hybridized carbons (Fsp3) is 1.00. The first-order valence-electron chi connectivity index (χ1n) is 5.60. The summed E-state index contributed by atoms with van der Waals surface area (Å²) in [6, 6.07) is 0. The van der Waals surface area contributed by atoms with E-state index >= 15 is 0 Å². The van der Waals surface area contributed by atoms with Gasteiger partial charge in [-0.1, -0.05) is 27.7 Å². The Balaban J connectivity index is 0.000000791. The first-order valence-corrected chi connectivity index (χ1v) is 5.60. The van der Waals surface area contributed by atoms with E-state index in [1.165, 1.54) is 0 Å². The molecule has 1 saturated heterocycles. The molecule has 1 N–H and O–H groups in total. The maximum absolute atomic E-state index is 13.4. The lowest BCUT2D eigenvalue weighted by Gasteiger charge is -2.40. The van der Waals surface area contributed by atoms with Crippen LogP contribution in [0.5, 0.6) is 0 Å². The first-order chi connectivity index (χ1) is 6.52. The van der Waals surface area contributed by atoms with Crippen LogP contribution in [0.1, 0.15) is 47.0 Å². The molecule has 0 aromatic rings. The minimum Gasteiger partial charge on any atom is -0.316 e. The highest BCUT2D eigenvalue weighted by Gasteiger charge is 2.48. The molecule has 14 heavy (non-hydrogen) atoms. The summed E-state index contributed by atoms with van der Waals surface area (Å²) >= 11 is 0. The third-order valence-corrected chi connectivity index (χ3v) is 2.92. The van der Waals surface area contributed by atoms with Gasteiger partial charge in [-0.2, -0.15) is 0 Å². The molecule has 0 radical (unpaired) electrons. The van der Waals surface area contributed by atoms with Crippen LogP contribution in [0.15, 0.2) is 0 Å². The molecule has 0 spiro atoms. The summed E-state index contributed by atoms with van der Waals surface area (Å²) in [6.45, 7) is 8.58. The summed E-state index contributed by atoms with van der Waals surface area (Å²) in [6.07, 6.45) is 1.46. The molecule has 0 aromatic carbocycles. The van der Waals surface area contributed by atoms with Crippen molar-refractivity contribution in [3.63, 3.8) is 0 Å². The van der Waals surface area contributed by atoms with E-state index in [2.05, 4.69) is 5.32 Å². The van der Waals surface area contributed by atoms with E-state index < -0.39 is 11.3 Å². The topological polar surface area (TPSA) is 12.0 Å². The molecule has 1 aliphatic heterocycles.